The number of methoxy groups -OCH3 is 3. The minimum atomic E-state index is -1.80. The molecule has 57 heavy (non-hydrogen) atoms. The summed E-state index contributed by atoms with van der Waals surface area (Å²) in [5.74, 6) is -3.50. The van der Waals surface area contributed by atoms with Crippen LogP contribution in [0.1, 0.15) is 81.1 Å². The Labute approximate surface area is 336 Å². The third kappa shape index (κ3) is 12.1. The van der Waals surface area contributed by atoms with E-state index in [1.54, 1.807) is 39.8 Å². The molecule has 0 aromatic heterocycles. The molecule has 324 valence electrons. The first-order valence-corrected chi connectivity index (χ1v) is 20.0. The van der Waals surface area contributed by atoms with Gasteiger partial charge in [0.25, 0.3) is 0 Å². The Morgan fingerprint density at radius 3 is 2.05 bits per heavy atom. The summed E-state index contributed by atoms with van der Waals surface area (Å²) < 4.78 is 65.6. The molecule has 0 aliphatic carbocycles. The predicted octanol–water partition coefficient (Wildman–Crippen LogP) is 3.38. The van der Waals surface area contributed by atoms with Crippen LogP contribution in [0.2, 0.25) is 0 Å². The van der Waals surface area contributed by atoms with Crippen molar-refractivity contribution in [3.8, 4) is 0 Å². The van der Waals surface area contributed by atoms with E-state index < -0.39 is 121 Å². The number of hydrogen-bond acceptors (Lipinski definition) is 16. The van der Waals surface area contributed by atoms with E-state index in [-0.39, 0.29) is 32.0 Å². The van der Waals surface area contributed by atoms with E-state index in [0.29, 0.717) is 6.42 Å². The molecule has 0 aromatic carbocycles. The smallest absolute Gasteiger partial charge is 0.330 e. The zero-order valence-corrected chi connectivity index (χ0v) is 35.2. The van der Waals surface area contributed by atoms with Gasteiger partial charge in [0.2, 0.25) is 0 Å². The van der Waals surface area contributed by atoms with Gasteiger partial charge in [0, 0.05) is 58.5 Å². The molecule has 4 aliphatic rings. The second-order valence-electron chi connectivity index (χ2n) is 15.8. The van der Waals surface area contributed by atoms with Gasteiger partial charge in [0.05, 0.1) is 31.0 Å². The third-order valence-corrected chi connectivity index (χ3v) is 11.2. The van der Waals surface area contributed by atoms with E-state index in [1.165, 1.54) is 40.4 Å². The third-order valence-electron chi connectivity index (χ3n) is 11.2. The molecule has 0 spiro atoms. The summed E-state index contributed by atoms with van der Waals surface area (Å²) in [7, 11) is 4.49. The fourth-order valence-electron chi connectivity index (χ4n) is 7.85. The quantitative estimate of drug-likeness (QED) is 0.171. The minimum Gasteiger partial charge on any atom is -0.459 e. The van der Waals surface area contributed by atoms with Gasteiger partial charge in [-0.05, 0) is 52.2 Å². The SMILES string of the molecule is CCC(=O)O[C@@H]1[C@@H](O[C@@H]2[C@@H](C)/C=C\C(=O)O[C@@H](C)[C@@H](CO[C@@H]3O[C@H](C)[C@@H](OC(=O)CC)[C@@H](OC)[C@H]3OC)[C@@H]3O[C@@H]3/C=C\C(=O)[C@@](C)(O)C[C@@H]2C)O[C@@H](C)C[C@H]1OC. The largest absolute Gasteiger partial charge is 0.459 e. The summed E-state index contributed by atoms with van der Waals surface area (Å²) in [5.41, 5.74) is -1.80. The zero-order chi connectivity index (χ0) is 42.2. The first-order chi connectivity index (χ1) is 27.0. The van der Waals surface area contributed by atoms with Gasteiger partial charge in [-0.15, -0.1) is 0 Å². The molecule has 16 heteroatoms. The Bertz CT molecular complexity index is 1410. The molecule has 3 saturated heterocycles. The molecule has 0 saturated carbocycles. The number of ether oxygens (including phenoxy) is 11. The first-order valence-electron chi connectivity index (χ1n) is 20.0. The van der Waals surface area contributed by atoms with E-state index in [1.807, 2.05) is 20.8 Å². The lowest BCUT2D eigenvalue weighted by atomic mass is 9.82. The van der Waals surface area contributed by atoms with Crippen LogP contribution in [-0.4, -0.2) is 142 Å². The maximum atomic E-state index is 13.5. The average Bonchev–Trinajstić information content (AvgIpc) is 3.94. The van der Waals surface area contributed by atoms with E-state index in [2.05, 4.69) is 0 Å². The molecule has 0 bridgehead atoms. The molecule has 0 unspecified atom stereocenters. The van der Waals surface area contributed by atoms with Crippen LogP contribution in [0.4, 0.5) is 0 Å². The lowest BCUT2D eigenvalue weighted by Gasteiger charge is -2.44. The Morgan fingerprint density at radius 2 is 1.44 bits per heavy atom. The molecule has 3 fully saturated rings. The number of ketones is 1. The highest BCUT2D eigenvalue weighted by Crippen LogP contribution is 2.37. The number of hydrogen-bond donors (Lipinski definition) is 1. The summed E-state index contributed by atoms with van der Waals surface area (Å²) in [5, 5.41) is 11.5. The number of aliphatic hydroxyl groups is 1. The second-order valence-corrected chi connectivity index (χ2v) is 15.8. The van der Waals surface area contributed by atoms with Crippen LogP contribution in [0.3, 0.4) is 0 Å². The molecule has 0 amide bonds. The summed E-state index contributed by atoms with van der Waals surface area (Å²) >= 11 is 0. The van der Waals surface area contributed by atoms with E-state index >= 15 is 0 Å². The maximum Gasteiger partial charge on any atom is 0.330 e. The van der Waals surface area contributed by atoms with Gasteiger partial charge in [-0.1, -0.05) is 33.8 Å². The molecule has 4 rings (SSSR count). The zero-order valence-electron chi connectivity index (χ0n) is 35.2. The van der Waals surface area contributed by atoms with Gasteiger partial charge in [-0.25, -0.2) is 4.79 Å². The molecule has 4 heterocycles. The van der Waals surface area contributed by atoms with Crippen LogP contribution in [0.25, 0.3) is 0 Å². The van der Waals surface area contributed by atoms with Crippen LogP contribution in [0.5, 0.6) is 0 Å². The number of esters is 3. The van der Waals surface area contributed by atoms with Gasteiger partial charge >= 0.3 is 17.9 Å². The lowest BCUT2D eigenvalue weighted by Crippen LogP contribution is -2.60. The Balaban J connectivity index is 1.57. The summed E-state index contributed by atoms with van der Waals surface area (Å²) in [6.45, 7) is 13.8. The van der Waals surface area contributed by atoms with Crippen molar-refractivity contribution in [1.82, 2.24) is 0 Å². The van der Waals surface area contributed by atoms with Crippen molar-refractivity contribution in [2.45, 2.75) is 166 Å². The standard InChI is InChI=1S/C41H64O16/c1-12-30(43)55-34-25(7)53-39(38(49-11)37(34)48-10)50-20-26-24(6)52-32(45)17-14-21(3)33(22(4)19-41(8,46)29(42)16-15-27-35(26)54-27)57-40-36(56-31(44)13-2)28(47-9)18-23(5)51-40/h14-17,21-28,33-40,46H,12-13,18-20H2,1-11H3/b16-15-,17-14-/t21-,22-,23-,24-,25+,26+,27+,28+,33+,34+,35-,36-,37+,38+,39+,40+,41-/m0/s1. The van der Waals surface area contributed by atoms with Crippen molar-refractivity contribution in [1.29, 1.82) is 0 Å². The Morgan fingerprint density at radius 1 is 0.789 bits per heavy atom. The number of epoxide rings is 1. The van der Waals surface area contributed by atoms with Crippen LogP contribution in [-0.2, 0) is 71.3 Å². The predicted molar refractivity (Wildman–Crippen MR) is 201 cm³/mol. The monoisotopic (exact) mass is 812 g/mol. The van der Waals surface area contributed by atoms with Crippen LogP contribution < -0.4 is 0 Å². The van der Waals surface area contributed by atoms with E-state index in [4.69, 9.17) is 52.1 Å². The number of rotatable bonds is 12. The van der Waals surface area contributed by atoms with E-state index in [9.17, 15) is 24.3 Å². The average molecular weight is 813 g/mol. The van der Waals surface area contributed by atoms with Crippen molar-refractivity contribution in [3.63, 3.8) is 0 Å². The summed E-state index contributed by atoms with van der Waals surface area (Å²) in [4.78, 5) is 51.6. The second kappa shape index (κ2) is 20.9. The van der Waals surface area contributed by atoms with Gasteiger partial charge in [-0.2, -0.15) is 0 Å². The van der Waals surface area contributed by atoms with Gasteiger partial charge in [0.1, 0.15) is 36.1 Å². The molecular weight excluding hydrogens is 748 g/mol. The normalized spacial score (nSPS) is 42.9. The van der Waals surface area contributed by atoms with Crippen LogP contribution >= 0.6 is 0 Å². The maximum absolute atomic E-state index is 13.5. The molecule has 16 nitrogen and oxygen atoms in total. The van der Waals surface area contributed by atoms with E-state index in [0.717, 1.165) is 0 Å². The molecule has 0 aromatic rings. The highest BCUT2D eigenvalue weighted by atomic mass is 16.7. The Hall–Kier alpha value is -2.80. The van der Waals surface area contributed by atoms with Crippen molar-refractivity contribution < 1.29 is 76.4 Å². The van der Waals surface area contributed by atoms with Crippen molar-refractivity contribution in [2.24, 2.45) is 17.8 Å². The highest BCUT2D eigenvalue weighted by molar-refractivity contribution is 5.96. The number of cyclic esters (lactones) is 1. The van der Waals surface area contributed by atoms with Crippen molar-refractivity contribution >= 4 is 23.7 Å². The lowest BCUT2D eigenvalue weighted by molar-refractivity contribution is -0.307. The topological polar surface area (TPSA) is 193 Å². The fourth-order valence-corrected chi connectivity index (χ4v) is 7.85. The summed E-state index contributed by atoms with van der Waals surface area (Å²) in [6.07, 6.45) is -2.39. The molecule has 0 radical (unpaired) electrons. The van der Waals surface area contributed by atoms with Crippen molar-refractivity contribution in [2.75, 3.05) is 27.9 Å². The van der Waals surface area contributed by atoms with Gasteiger partial charge in [0.15, 0.2) is 30.6 Å². The molecular formula is C41H64O16. The Kier molecular flexibility index (Phi) is 17.2. The van der Waals surface area contributed by atoms with Crippen LogP contribution in [0.15, 0.2) is 24.3 Å². The number of carbonyl (C=O) groups is 4. The number of fused-ring (bicyclic) bond motifs is 1. The van der Waals surface area contributed by atoms with Gasteiger partial charge < -0.3 is 57.2 Å². The molecule has 1 N–H and O–H groups in total. The molecule has 17 atom stereocenters. The minimum absolute atomic E-state index is 0.0112. The van der Waals surface area contributed by atoms with Gasteiger partial charge in [-0.3, -0.25) is 14.4 Å². The molecule has 4 aliphatic heterocycles. The van der Waals surface area contributed by atoms with Crippen molar-refractivity contribution in [3.05, 3.63) is 24.3 Å². The van der Waals surface area contributed by atoms with Crippen LogP contribution in [0, 0.1) is 17.8 Å². The number of carbonyl (C=O) groups excluding carboxylic acids is 4. The first kappa shape index (κ1) is 46.9. The highest BCUT2D eigenvalue weighted by Gasteiger charge is 2.51. The fraction of sp³-hybridized carbons (Fsp3) is 0.805. The summed E-state index contributed by atoms with van der Waals surface area (Å²) in [6, 6.07) is 0.